The first kappa shape index (κ1) is 19.0. The van der Waals surface area contributed by atoms with Crippen LogP contribution in [0.5, 0.6) is 5.75 Å². The van der Waals surface area contributed by atoms with E-state index in [1.54, 1.807) is 24.3 Å². The minimum atomic E-state index is -0.817. The van der Waals surface area contributed by atoms with Gasteiger partial charge in [0.1, 0.15) is 11.4 Å². The molecule has 2 rings (SSSR count). The summed E-state index contributed by atoms with van der Waals surface area (Å²) < 4.78 is 14.8. The molecule has 1 aromatic heterocycles. The fourth-order valence-corrected chi connectivity index (χ4v) is 2.13. The Kier molecular flexibility index (Phi) is 6.31. The summed E-state index contributed by atoms with van der Waals surface area (Å²) in [4.78, 5) is 36.4. The van der Waals surface area contributed by atoms with E-state index in [-0.39, 0.29) is 22.6 Å². The number of aromatic nitrogens is 2. The second kappa shape index (κ2) is 8.65. The summed E-state index contributed by atoms with van der Waals surface area (Å²) >= 11 is 0. The molecule has 1 amide bonds. The van der Waals surface area contributed by atoms with Crippen LogP contribution in [-0.4, -0.2) is 48.9 Å². The standard InChI is InChI=1S/C17H19N3O6/c1-4-9-26-11-8-6-5-7-10(11)15(21)18-12-13(16(22)24-2)19-20-14(12)17(23)25-3/h5-8H,4,9H2,1-3H3,(H,18,21)(H,19,20). The van der Waals surface area contributed by atoms with E-state index >= 15 is 0 Å². The number of carbonyl (C=O) groups excluding carboxylic acids is 3. The molecule has 0 aliphatic rings. The number of nitrogens with one attached hydrogen (secondary N) is 2. The molecule has 0 fully saturated rings. The van der Waals surface area contributed by atoms with Gasteiger partial charge >= 0.3 is 11.9 Å². The third-order valence-electron chi connectivity index (χ3n) is 3.37. The molecule has 0 aliphatic heterocycles. The smallest absolute Gasteiger partial charge is 0.360 e. The van der Waals surface area contributed by atoms with Crippen LogP contribution in [0, 0.1) is 0 Å². The van der Waals surface area contributed by atoms with E-state index in [0.717, 1.165) is 13.5 Å². The molecule has 1 aromatic carbocycles. The minimum absolute atomic E-state index is 0.126. The number of hydrogen-bond acceptors (Lipinski definition) is 7. The molecule has 0 bridgehead atoms. The number of nitrogens with zero attached hydrogens (tertiary/aromatic N) is 1. The van der Waals surface area contributed by atoms with Gasteiger partial charge in [-0.05, 0) is 18.6 Å². The van der Waals surface area contributed by atoms with Gasteiger partial charge < -0.3 is 19.5 Å². The number of ether oxygens (including phenoxy) is 3. The van der Waals surface area contributed by atoms with Crippen LogP contribution in [0.15, 0.2) is 24.3 Å². The van der Waals surface area contributed by atoms with E-state index in [9.17, 15) is 14.4 Å². The summed E-state index contributed by atoms with van der Waals surface area (Å²) in [6.07, 6.45) is 0.774. The number of benzene rings is 1. The fraction of sp³-hybridized carbons (Fsp3) is 0.294. The Labute approximate surface area is 149 Å². The topological polar surface area (TPSA) is 120 Å². The molecule has 0 aliphatic carbocycles. The molecular formula is C17H19N3O6. The van der Waals surface area contributed by atoms with Crippen molar-refractivity contribution < 1.29 is 28.6 Å². The van der Waals surface area contributed by atoms with E-state index in [2.05, 4.69) is 25.0 Å². The number of methoxy groups -OCH3 is 2. The van der Waals surface area contributed by atoms with Crippen LogP contribution in [0.3, 0.4) is 0 Å². The Morgan fingerprint density at radius 1 is 1.12 bits per heavy atom. The zero-order chi connectivity index (χ0) is 19.1. The molecular weight excluding hydrogens is 342 g/mol. The lowest BCUT2D eigenvalue weighted by Crippen LogP contribution is -2.18. The second-order valence-electron chi connectivity index (χ2n) is 5.10. The van der Waals surface area contributed by atoms with Crippen LogP contribution in [-0.2, 0) is 9.47 Å². The molecule has 9 nitrogen and oxygen atoms in total. The Bertz CT molecular complexity index is 781. The number of amides is 1. The molecule has 0 radical (unpaired) electrons. The van der Waals surface area contributed by atoms with Crippen LogP contribution >= 0.6 is 0 Å². The predicted octanol–water partition coefficient (Wildman–Crippen LogP) is 2.02. The van der Waals surface area contributed by atoms with Crippen molar-refractivity contribution >= 4 is 23.5 Å². The summed E-state index contributed by atoms with van der Waals surface area (Å²) in [5.74, 6) is -1.80. The molecule has 0 atom stereocenters. The zero-order valence-electron chi connectivity index (χ0n) is 14.6. The summed E-state index contributed by atoms with van der Waals surface area (Å²) in [6.45, 7) is 2.39. The molecule has 0 spiro atoms. The van der Waals surface area contributed by atoms with Crippen molar-refractivity contribution in [3.05, 3.63) is 41.2 Å². The lowest BCUT2D eigenvalue weighted by Gasteiger charge is -2.11. The summed E-state index contributed by atoms with van der Waals surface area (Å²) in [5.41, 5.74) is -0.297. The summed E-state index contributed by atoms with van der Waals surface area (Å²) in [5, 5.41) is 8.61. The SMILES string of the molecule is CCCOc1ccccc1C(=O)Nc1c(C(=O)OC)n[nH]c1C(=O)OC. The lowest BCUT2D eigenvalue weighted by atomic mass is 10.1. The highest BCUT2D eigenvalue weighted by atomic mass is 16.5. The largest absolute Gasteiger partial charge is 0.493 e. The molecule has 2 N–H and O–H groups in total. The Morgan fingerprint density at radius 2 is 1.81 bits per heavy atom. The van der Waals surface area contributed by atoms with Gasteiger partial charge in [-0.3, -0.25) is 9.89 Å². The van der Waals surface area contributed by atoms with Gasteiger partial charge in [0.2, 0.25) is 0 Å². The minimum Gasteiger partial charge on any atom is -0.493 e. The number of anilines is 1. The maximum absolute atomic E-state index is 12.7. The van der Waals surface area contributed by atoms with Gasteiger partial charge in [-0.2, -0.15) is 5.10 Å². The molecule has 1 heterocycles. The van der Waals surface area contributed by atoms with Crippen LogP contribution < -0.4 is 10.1 Å². The highest BCUT2D eigenvalue weighted by Gasteiger charge is 2.27. The molecule has 2 aromatic rings. The van der Waals surface area contributed by atoms with Crippen LogP contribution in [0.4, 0.5) is 5.69 Å². The quantitative estimate of drug-likeness (QED) is 0.724. The zero-order valence-corrected chi connectivity index (χ0v) is 14.6. The number of H-pyrrole nitrogens is 1. The highest BCUT2D eigenvalue weighted by molar-refractivity contribution is 6.12. The van der Waals surface area contributed by atoms with Crippen molar-refractivity contribution in [1.29, 1.82) is 0 Å². The van der Waals surface area contributed by atoms with Gasteiger partial charge in [0.15, 0.2) is 11.4 Å². The molecule has 138 valence electrons. The Hall–Kier alpha value is -3.36. The monoisotopic (exact) mass is 361 g/mol. The van der Waals surface area contributed by atoms with Gasteiger partial charge in [0.05, 0.1) is 26.4 Å². The average molecular weight is 361 g/mol. The average Bonchev–Trinajstić information content (AvgIpc) is 3.08. The number of rotatable bonds is 7. The Morgan fingerprint density at radius 3 is 2.46 bits per heavy atom. The van der Waals surface area contributed by atoms with Crippen LogP contribution in [0.1, 0.15) is 44.7 Å². The maximum Gasteiger partial charge on any atom is 0.360 e. The van der Waals surface area contributed by atoms with E-state index in [1.165, 1.54) is 7.11 Å². The van der Waals surface area contributed by atoms with Gasteiger partial charge in [-0.1, -0.05) is 19.1 Å². The summed E-state index contributed by atoms with van der Waals surface area (Å²) in [7, 11) is 2.33. The molecule has 26 heavy (non-hydrogen) atoms. The van der Waals surface area contributed by atoms with Gasteiger partial charge in [-0.15, -0.1) is 0 Å². The predicted molar refractivity (Wildman–Crippen MR) is 91.4 cm³/mol. The first-order valence-corrected chi connectivity index (χ1v) is 7.81. The fourth-order valence-electron chi connectivity index (χ4n) is 2.13. The van der Waals surface area contributed by atoms with E-state index < -0.39 is 17.8 Å². The van der Waals surface area contributed by atoms with Gasteiger partial charge in [-0.25, -0.2) is 9.59 Å². The third-order valence-corrected chi connectivity index (χ3v) is 3.37. The van der Waals surface area contributed by atoms with Crippen LogP contribution in [0.25, 0.3) is 0 Å². The number of hydrogen-bond donors (Lipinski definition) is 2. The van der Waals surface area contributed by atoms with Crippen molar-refractivity contribution in [2.45, 2.75) is 13.3 Å². The molecule has 0 saturated heterocycles. The van der Waals surface area contributed by atoms with Crippen LogP contribution in [0.2, 0.25) is 0 Å². The number of aromatic amines is 1. The van der Waals surface area contributed by atoms with Crippen molar-refractivity contribution in [1.82, 2.24) is 10.2 Å². The molecule has 0 unspecified atom stereocenters. The highest BCUT2D eigenvalue weighted by Crippen LogP contribution is 2.24. The normalized spacial score (nSPS) is 10.1. The maximum atomic E-state index is 12.7. The van der Waals surface area contributed by atoms with E-state index in [4.69, 9.17) is 4.74 Å². The van der Waals surface area contributed by atoms with E-state index in [0.29, 0.717) is 12.4 Å². The third kappa shape index (κ3) is 4.00. The summed E-state index contributed by atoms with van der Waals surface area (Å²) in [6, 6.07) is 6.63. The number of esters is 2. The molecule has 9 heteroatoms. The second-order valence-corrected chi connectivity index (χ2v) is 5.10. The van der Waals surface area contributed by atoms with Crippen molar-refractivity contribution in [2.75, 3.05) is 26.1 Å². The first-order valence-electron chi connectivity index (χ1n) is 7.81. The van der Waals surface area contributed by atoms with Crippen molar-refractivity contribution in [2.24, 2.45) is 0 Å². The number of carbonyl (C=O) groups is 3. The van der Waals surface area contributed by atoms with Crippen molar-refractivity contribution in [3.63, 3.8) is 0 Å². The lowest BCUT2D eigenvalue weighted by molar-refractivity contribution is 0.0588. The first-order chi connectivity index (χ1) is 12.5. The molecule has 0 saturated carbocycles. The van der Waals surface area contributed by atoms with Gasteiger partial charge in [0, 0.05) is 0 Å². The van der Waals surface area contributed by atoms with Gasteiger partial charge in [0.25, 0.3) is 5.91 Å². The Balaban J connectivity index is 2.38. The van der Waals surface area contributed by atoms with Crippen molar-refractivity contribution in [3.8, 4) is 5.75 Å². The number of para-hydroxylation sites is 1. The van der Waals surface area contributed by atoms with E-state index in [1.807, 2.05) is 6.92 Å².